The van der Waals surface area contributed by atoms with Crippen LogP contribution in [0, 0.1) is 0 Å². The molecule has 0 aliphatic heterocycles. The Labute approximate surface area is 136 Å². The Morgan fingerprint density at radius 2 is 1.65 bits per heavy atom. The van der Waals surface area contributed by atoms with Crippen molar-refractivity contribution in [2.45, 2.75) is 25.7 Å². The Hall–Kier alpha value is -1.93. The number of carbonyl (C=O) groups is 2. The zero-order valence-electron chi connectivity index (χ0n) is 13.5. The Bertz CT molecular complexity index is 636. The predicted octanol–water partition coefficient (Wildman–Crippen LogP) is 1.01. The zero-order valence-corrected chi connectivity index (χ0v) is 14.4. The van der Waals surface area contributed by atoms with Gasteiger partial charge in [0, 0.05) is 19.6 Å². The van der Waals surface area contributed by atoms with Crippen LogP contribution in [0.5, 0.6) is 0 Å². The largest absolute Gasteiger partial charge is 0.452 e. The number of benzene rings is 1. The average Bonchev–Trinajstić information content (AvgIpc) is 2.54. The molecule has 0 aromatic heterocycles. The smallest absolute Gasteiger partial charge is 0.338 e. The van der Waals surface area contributed by atoms with E-state index in [1.807, 2.05) is 0 Å². The number of nitrogens with zero attached hydrogens (tertiary/aromatic N) is 1. The predicted molar refractivity (Wildman–Crippen MR) is 85.5 cm³/mol. The molecule has 0 aliphatic rings. The Morgan fingerprint density at radius 1 is 1.09 bits per heavy atom. The Kier molecular flexibility index (Phi) is 7.18. The number of esters is 1. The topological polar surface area (TPSA) is 92.8 Å². The molecule has 0 bridgehead atoms. The standard InChI is InChI=1S/C15H22N2O5S/c1-4-16-14(18)11-22-15(19)12-7-9-13(10-8-12)23(20,21)17(5-2)6-3/h7-10H,4-6,11H2,1-3H3,(H,16,18). The lowest BCUT2D eigenvalue weighted by Gasteiger charge is -2.18. The first-order valence-corrected chi connectivity index (χ1v) is 8.84. The Balaban J connectivity index is 2.80. The maximum absolute atomic E-state index is 12.3. The van der Waals surface area contributed by atoms with E-state index in [0.29, 0.717) is 19.6 Å². The number of ether oxygens (including phenoxy) is 1. The van der Waals surface area contributed by atoms with E-state index in [1.54, 1.807) is 20.8 Å². The molecule has 1 aromatic carbocycles. The van der Waals surface area contributed by atoms with E-state index < -0.39 is 16.0 Å². The molecular weight excluding hydrogens is 320 g/mol. The van der Waals surface area contributed by atoms with Gasteiger partial charge >= 0.3 is 5.97 Å². The lowest BCUT2D eigenvalue weighted by molar-refractivity contribution is -0.124. The first kappa shape index (κ1) is 19.1. The number of rotatable bonds is 8. The van der Waals surface area contributed by atoms with E-state index >= 15 is 0 Å². The van der Waals surface area contributed by atoms with Gasteiger partial charge in [-0.05, 0) is 31.2 Å². The second-order valence-electron chi connectivity index (χ2n) is 4.64. The summed E-state index contributed by atoms with van der Waals surface area (Å²) in [5, 5.41) is 2.51. The van der Waals surface area contributed by atoms with Crippen molar-refractivity contribution >= 4 is 21.9 Å². The van der Waals surface area contributed by atoms with Crippen LogP contribution in [0.2, 0.25) is 0 Å². The summed E-state index contributed by atoms with van der Waals surface area (Å²) >= 11 is 0. The summed E-state index contributed by atoms with van der Waals surface area (Å²) in [6.07, 6.45) is 0. The van der Waals surface area contributed by atoms with Gasteiger partial charge in [0.25, 0.3) is 5.91 Å². The highest BCUT2D eigenvalue weighted by molar-refractivity contribution is 7.89. The number of hydrogen-bond acceptors (Lipinski definition) is 5. The molecule has 0 spiro atoms. The first-order valence-electron chi connectivity index (χ1n) is 7.40. The quantitative estimate of drug-likeness (QED) is 0.712. The highest BCUT2D eigenvalue weighted by Gasteiger charge is 2.21. The van der Waals surface area contributed by atoms with Gasteiger partial charge in [-0.3, -0.25) is 4.79 Å². The lowest BCUT2D eigenvalue weighted by atomic mass is 10.2. The summed E-state index contributed by atoms with van der Waals surface area (Å²) in [6.45, 7) is 6.10. The van der Waals surface area contributed by atoms with E-state index in [0.717, 1.165) is 0 Å². The van der Waals surface area contributed by atoms with E-state index in [-0.39, 0.29) is 23.0 Å². The zero-order chi connectivity index (χ0) is 17.5. The molecule has 1 N–H and O–H groups in total. The molecule has 23 heavy (non-hydrogen) atoms. The molecule has 0 heterocycles. The summed E-state index contributed by atoms with van der Waals surface area (Å²) in [7, 11) is -3.56. The van der Waals surface area contributed by atoms with Gasteiger partial charge in [-0.2, -0.15) is 4.31 Å². The fourth-order valence-electron chi connectivity index (χ4n) is 1.94. The van der Waals surface area contributed by atoms with Gasteiger partial charge in [0.2, 0.25) is 10.0 Å². The number of likely N-dealkylation sites (N-methyl/N-ethyl adjacent to an activating group) is 1. The minimum atomic E-state index is -3.56. The minimum absolute atomic E-state index is 0.112. The maximum atomic E-state index is 12.3. The van der Waals surface area contributed by atoms with Gasteiger partial charge in [0.05, 0.1) is 10.5 Å². The van der Waals surface area contributed by atoms with Gasteiger partial charge in [-0.15, -0.1) is 0 Å². The summed E-state index contributed by atoms with van der Waals surface area (Å²) in [4.78, 5) is 23.1. The van der Waals surface area contributed by atoms with Crippen molar-refractivity contribution in [3.63, 3.8) is 0 Å². The molecule has 8 heteroatoms. The average molecular weight is 342 g/mol. The van der Waals surface area contributed by atoms with Crippen LogP contribution in [-0.4, -0.2) is 50.8 Å². The molecule has 0 saturated carbocycles. The summed E-state index contributed by atoms with van der Waals surface area (Å²) in [5.74, 6) is -1.07. The van der Waals surface area contributed by atoms with E-state index in [9.17, 15) is 18.0 Å². The molecule has 0 radical (unpaired) electrons. The van der Waals surface area contributed by atoms with Crippen LogP contribution in [0.3, 0.4) is 0 Å². The molecule has 0 aliphatic carbocycles. The van der Waals surface area contributed by atoms with Gasteiger partial charge in [-0.25, -0.2) is 13.2 Å². The van der Waals surface area contributed by atoms with Crippen LogP contribution in [-0.2, 0) is 19.6 Å². The van der Waals surface area contributed by atoms with Crippen LogP contribution < -0.4 is 5.32 Å². The third-order valence-electron chi connectivity index (χ3n) is 3.14. The highest BCUT2D eigenvalue weighted by Crippen LogP contribution is 2.16. The number of carbonyl (C=O) groups excluding carboxylic acids is 2. The van der Waals surface area contributed by atoms with Gasteiger partial charge in [-0.1, -0.05) is 13.8 Å². The molecule has 1 aromatic rings. The highest BCUT2D eigenvalue weighted by atomic mass is 32.2. The van der Waals surface area contributed by atoms with Crippen molar-refractivity contribution in [2.75, 3.05) is 26.2 Å². The minimum Gasteiger partial charge on any atom is -0.452 e. The maximum Gasteiger partial charge on any atom is 0.338 e. The van der Waals surface area contributed by atoms with Crippen molar-refractivity contribution in [1.82, 2.24) is 9.62 Å². The van der Waals surface area contributed by atoms with Crippen molar-refractivity contribution in [3.05, 3.63) is 29.8 Å². The van der Waals surface area contributed by atoms with Crippen LogP contribution in [0.25, 0.3) is 0 Å². The van der Waals surface area contributed by atoms with Crippen molar-refractivity contribution in [3.8, 4) is 0 Å². The van der Waals surface area contributed by atoms with Crippen LogP contribution in [0.1, 0.15) is 31.1 Å². The van der Waals surface area contributed by atoms with Gasteiger partial charge < -0.3 is 10.1 Å². The number of hydrogen-bond donors (Lipinski definition) is 1. The second kappa shape index (κ2) is 8.64. The molecule has 0 fully saturated rings. The summed E-state index contributed by atoms with van der Waals surface area (Å²) < 4.78 is 30.8. The second-order valence-corrected chi connectivity index (χ2v) is 6.58. The van der Waals surface area contributed by atoms with Crippen LogP contribution >= 0.6 is 0 Å². The molecular formula is C15H22N2O5S. The van der Waals surface area contributed by atoms with Crippen LogP contribution in [0.4, 0.5) is 0 Å². The summed E-state index contributed by atoms with van der Waals surface area (Å²) in [5.41, 5.74) is 0.188. The third-order valence-corrected chi connectivity index (χ3v) is 5.21. The van der Waals surface area contributed by atoms with E-state index in [1.165, 1.54) is 28.6 Å². The normalized spacial score (nSPS) is 11.3. The molecule has 0 unspecified atom stereocenters. The number of sulfonamides is 1. The van der Waals surface area contributed by atoms with Crippen molar-refractivity contribution in [1.29, 1.82) is 0 Å². The number of amides is 1. The van der Waals surface area contributed by atoms with Crippen molar-refractivity contribution in [2.24, 2.45) is 0 Å². The molecule has 1 rings (SSSR count). The van der Waals surface area contributed by atoms with Gasteiger partial charge in [0.1, 0.15) is 0 Å². The molecule has 128 valence electrons. The first-order chi connectivity index (χ1) is 10.9. The summed E-state index contributed by atoms with van der Waals surface area (Å²) in [6, 6.07) is 5.46. The molecule has 1 amide bonds. The monoisotopic (exact) mass is 342 g/mol. The van der Waals surface area contributed by atoms with E-state index in [2.05, 4.69) is 5.32 Å². The van der Waals surface area contributed by atoms with E-state index in [4.69, 9.17) is 4.74 Å². The van der Waals surface area contributed by atoms with Crippen LogP contribution in [0.15, 0.2) is 29.2 Å². The molecule has 0 saturated heterocycles. The SMILES string of the molecule is CCNC(=O)COC(=O)c1ccc(S(=O)(=O)N(CC)CC)cc1. The lowest BCUT2D eigenvalue weighted by Crippen LogP contribution is -2.30. The third kappa shape index (κ3) is 5.04. The van der Waals surface area contributed by atoms with Crippen molar-refractivity contribution < 1.29 is 22.7 Å². The number of nitrogens with one attached hydrogen (secondary N) is 1. The molecule has 0 atom stereocenters. The Morgan fingerprint density at radius 3 is 2.13 bits per heavy atom. The molecule has 7 nitrogen and oxygen atoms in total. The fraction of sp³-hybridized carbons (Fsp3) is 0.467. The fourth-order valence-corrected chi connectivity index (χ4v) is 3.40. The van der Waals surface area contributed by atoms with Gasteiger partial charge in [0.15, 0.2) is 6.61 Å².